The summed E-state index contributed by atoms with van der Waals surface area (Å²) in [4.78, 5) is 0. The number of hydrogen-bond acceptors (Lipinski definition) is 0. The molecule has 1 heteroatoms. The first-order valence-electron chi connectivity index (χ1n) is 18.5. The van der Waals surface area contributed by atoms with Crippen LogP contribution >= 0.6 is 0 Å². The molecule has 0 amide bonds. The summed E-state index contributed by atoms with van der Waals surface area (Å²) in [6, 6.07) is 0. The predicted octanol–water partition coefficient (Wildman–Crippen LogP) is 14.4. The second kappa shape index (κ2) is 31.1. The summed E-state index contributed by atoms with van der Waals surface area (Å²) in [6.45, 7) is 9.38. The fraction of sp³-hybridized carbons (Fsp3) is 1.00. The fourth-order valence-corrected chi connectivity index (χ4v) is 13.4. The summed E-state index contributed by atoms with van der Waals surface area (Å²) in [5.41, 5.74) is 0. The van der Waals surface area contributed by atoms with Crippen LogP contribution in [0.1, 0.15) is 207 Å². The first kappa shape index (κ1) is 37.5. The summed E-state index contributed by atoms with van der Waals surface area (Å²) in [6.07, 6.45) is 41.8. The molecule has 0 nitrogen and oxygen atoms in total. The molecule has 0 aliphatic heterocycles. The smallest absolute Gasteiger partial charge is 0.134 e. The first-order valence-corrected chi connectivity index (χ1v) is 21.7. The van der Waals surface area contributed by atoms with E-state index in [1.165, 1.54) is 154 Å². The molecule has 0 aromatic carbocycles. The largest absolute Gasteiger partial charge is 0.191 e. The second-order valence-electron chi connectivity index (χ2n) is 13.4. The van der Waals surface area contributed by atoms with Gasteiger partial charge in [0, 0.05) is 0 Å². The zero-order valence-corrected chi connectivity index (χ0v) is 28.4. The fourth-order valence-electron chi connectivity index (χ4n) is 7.00. The maximum atomic E-state index is 2.35. The third-order valence-electron chi connectivity index (χ3n) is 9.68. The molecule has 0 heterocycles. The minimum Gasteiger partial charge on any atom is -0.191 e. The van der Waals surface area contributed by atoms with E-state index in [1.54, 1.807) is 46.8 Å². The Hall–Kier alpha value is 0.532. The summed E-state index contributed by atoms with van der Waals surface area (Å²) < 4.78 is 0. The Labute approximate surface area is 241 Å². The van der Waals surface area contributed by atoms with Crippen LogP contribution in [-0.4, -0.2) is 13.1 Å². The topological polar surface area (TPSA) is 0 Å². The van der Waals surface area contributed by atoms with Gasteiger partial charge in [0.2, 0.25) is 0 Å². The van der Waals surface area contributed by atoms with Crippen molar-refractivity contribution in [3.05, 3.63) is 0 Å². The van der Waals surface area contributed by atoms with E-state index < -0.39 is 13.1 Å². The summed E-state index contributed by atoms with van der Waals surface area (Å²) in [5.74, 6) is 0. The minimum atomic E-state index is -1.45. The lowest BCUT2D eigenvalue weighted by Crippen LogP contribution is -2.34. The summed E-state index contributed by atoms with van der Waals surface area (Å²) >= 11 is -1.45. The molecule has 0 aliphatic rings. The normalized spacial score (nSPS) is 12.0. The van der Waals surface area contributed by atoms with E-state index in [1.807, 2.05) is 0 Å². The van der Waals surface area contributed by atoms with Crippen LogP contribution in [0, 0.1) is 0 Å². The molecule has 0 fully saturated rings. The van der Waals surface area contributed by atoms with Gasteiger partial charge in [0.1, 0.15) is 13.1 Å². The van der Waals surface area contributed by atoms with Crippen LogP contribution in [-0.2, 0) is 0 Å². The monoisotopic (exact) mass is 536 g/mol. The van der Waals surface area contributed by atoms with Gasteiger partial charge in [-0.25, -0.2) is 0 Å². The molecule has 0 N–H and O–H groups in total. The Morgan fingerprint density at radius 2 is 0.378 bits per heavy atom. The molecular formula is C36H76Al-. The lowest BCUT2D eigenvalue weighted by molar-refractivity contribution is 0.581. The molecule has 0 unspecified atom stereocenters. The first-order chi connectivity index (χ1) is 18.2. The molecule has 0 radical (unpaired) electrons. The van der Waals surface area contributed by atoms with Crippen molar-refractivity contribution in [1.82, 2.24) is 0 Å². The van der Waals surface area contributed by atoms with Crippen molar-refractivity contribution < 1.29 is 0 Å². The van der Waals surface area contributed by atoms with E-state index in [9.17, 15) is 0 Å². The van der Waals surface area contributed by atoms with Gasteiger partial charge >= 0.3 is 0 Å². The Morgan fingerprint density at radius 3 is 0.568 bits per heavy atom. The van der Waals surface area contributed by atoms with E-state index in [0.717, 1.165) is 0 Å². The quantitative estimate of drug-likeness (QED) is 0.0593. The second-order valence-corrected chi connectivity index (χ2v) is 19.1. The Balaban J connectivity index is 4.78. The van der Waals surface area contributed by atoms with Gasteiger partial charge in [0.05, 0.1) is 0 Å². The zero-order valence-electron chi connectivity index (χ0n) is 27.2. The standard InChI is InChI=1S/4C9H19.Al/c4*1-3-5-7-9-8-6-4-2;/h4*1,3-9H2,2H3;/q;;;;-1. The van der Waals surface area contributed by atoms with Gasteiger partial charge in [-0.15, -0.1) is 0 Å². The summed E-state index contributed by atoms with van der Waals surface area (Å²) in [7, 11) is 0. The SMILES string of the molecule is CCCCCCCC[CH2][Al-]([CH2]CCCCCCCC)([CH2]CCCCCCCC)[CH2]CCCCCCCC. The van der Waals surface area contributed by atoms with Gasteiger partial charge in [0.15, 0.2) is 0 Å². The van der Waals surface area contributed by atoms with Crippen LogP contribution in [0.5, 0.6) is 0 Å². The van der Waals surface area contributed by atoms with E-state index in [4.69, 9.17) is 0 Å². The van der Waals surface area contributed by atoms with Gasteiger partial charge in [-0.2, -0.15) is 21.1 Å². The molecule has 0 bridgehead atoms. The molecule has 0 atom stereocenters. The van der Waals surface area contributed by atoms with Crippen LogP contribution in [0.4, 0.5) is 0 Å². The van der Waals surface area contributed by atoms with Crippen LogP contribution in [0.25, 0.3) is 0 Å². The average Bonchev–Trinajstić information content (AvgIpc) is 2.91. The summed E-state index contributed by atoms with van der Waals surface area (Å²) in [5, 5.41) is 6.84. The minimum absolute atomic E-state index is 1.38. The van der Waals surface area contributed by atoms with Gasteiger partial charge in [-0.3, -0.25) is 0 Å². The van der Waals surface area contributed by atoms with E-state index in [0.29, 0.717) is 0 Å². The molecule has 0 saturated heterocycles. The van der Waals surface area contributed by atoms with Crippen LogP contribution in [0.15, 0.2) is 0 Å². The van der Waals surface area contributed by atoms with Crippen molar-refractivity contribution in [2.45, 2.75) is 229 Å². The lowest BCUT2D eigenvalue weighted by Gasteiger charge is -2.37. The highest BCUT2D eigenvalue weighted by Crippen LogP contribution is 2.35. The highest BCUT2D eigenvalue weighted by Gasteiger charge is 2.27. The molecule has 0 aromatic rings. The lowest BCUT2D eigenvalue weighted by atomic mass is 10.1. The third kappa shape index (κ3) is 26.5. The van der Waals surface area contributed by atoms with Crippen LogP contribution in [0.2, 0.25) is 21.1 Å². The zero-order chi connectivity index (χ0) is 27.1. The van der Waals surface area contributed by atoms with Gasteiger partial charge in [-0.05, 0) is 0 Å². The van der Waals surface area contributed by atoms with E-state index in [2.05, 4.69) is 27.7 Å². The van der Waals surface area contributed by atoms with Crippen molar-refractivity contribution >= 4 is 13.1 Å². The van der Waals surface area contributed by atoms with Crippen molar-refractivity contribution in [3.63, 3.8) is 0 Å². The molecule has 0 spiro atoms. The Morgan fingerprint density at radius 1 is 0.216 bits per heavy atom. The highest BCUT2D eigenvalue weighted by atomic mass is 27.2. The molecule has 0 saturated carbocycles. The highest BCUT2D eigenvalue weighted by molar-refractivity contribution is 6.79. The number of hydrogen-bond donors (Lipinski definition) is 0. The molecule has 0 aromatic heterocycles. The molecule has 224 valence electrons. The molecule has 37 heavy (non-hydrogen) atoms. The predicted molar refractivity (Wildman–Crippen MR) is 177 cm³/mol. The van der Waals surface area contributed by atoms with Crippen molar-refractivity contribution in [2.24, 2.45) is 0 Å². The van der Waals surface area contributed by atoms with Crippen molar-refractivity contribution in [1.29, 1.82) is 0 Å². The Kier molecular flexibility index (Phi) is 31.5. The third-order valence-corrected chi connectivity index (χ3v) is 16.2. The maximum absolute atomic E-state index is 2.35. The van der Waals surface area contributed by atoms with Gasteiger partial charge in [-0.1, -0.05) is 207 Å². The van der Waals surface area contributed by atoms with Gasteiger partial charge in [0.25, 0.3) is 0 Å². The van der Waals surface area contributed by atoms with Crippen molar-refractivity contribution in [2.75, 3.05) is 0 Å². The molecule has 0 rings (SSSR count). The molecule has 0 aliphatic carbocycles. The maximum Gasteiger partial charge on any atom is 0.134 e. The Bertz CT molecular complexity index is 326. The van der Waals surface area contributed by atoms with Crippen LogP contribution < -0.4 is 0 Å². The van der Waals surface area contributed by atoms with Gasteiger partial charge < -0.3 is 0 Å². The number of unbranched alkanes of at least 4 members (excludes halogenated alkanes) is 24. The van der Waals surface area contributed by atoms with Crippen molar-refractivity contribution in [3.8, 4) is 0 Å². The number of rotatable bonds is 32. The van der Waals surface area contributed by atoms with Crippen LogP contribution in [0.3, 0.4) is 0 Å². The van der Waals surface area contributed by atoms with E-state index >= 15 is 0 Å². The molecular weight excluding hydrogens is 459 g/mol. The average molecular weight is 536 g/mol. The van der Waals surface area contributed by atoms with E-state index in [-0.39, 0.29) is 0 Å².